The summed E-state index contributed by atoms with van der Waals surface area (Å²) in [5.41, 5.74) is 1.12. The molecular weight excluding hydrogens is 320 g/mol. The first-order valence-electron chi connectivity index (χ1n) is 10.5. The quantitative estimate of drug-likeness (QED) is 0.624. The Kier molecular flexibility index (Phi) is 4.22. The van der Waals surface area contributed by atoms with Crippen LogP contribution in [0.2, 0.25) is 0 Å². The zero-order valence-electron chi connectivity index (χ0n) is 16.7. The van der Waals surface area contributed by atoms with Crippen LogP contribution in [0.25, 0.3) is 0 Å². The van der Waals surface area contributed by atoms with Crippen molar-refractivity contribution < 1.29 is 9.59 Å². The molecule has 3 saturated carbocycles. The topological polar surface area (TPSA) is 34.1 Å². The Hall–Kier alpha value is -1.36. The molecule has 0 N–H and O–H groups in total. The maximum Gasteiger partial charge on any atom is 0.159 e. The third-order valence-corrected chi connectivity index (χ3v) is 8.84. The highest BCUT2D eigenvalue weighted by molar-refractivity contribution is 6.05. The van der Waals surface area contributed by atoms with E-state index in [4.69, 9.17) is 0 Å². The molecule has 2 nitrogen and oxygen atoms in total. The van der Waals surface area contributed by atoms with Gasteiger partial charge in [-0.3, -0.25) is 9.59 Å². The lowest BCUT2D eigenvalue weighted by Gasteiger charge is -2.57. The van der Waals surface area contributed by atoms with Crippen LogP contribution in [-0.2, 0) is 9.59 Å². The van der Waals surface area contributed by atoms with E-state index < -0.39 is 0 Å². The van der Waals surface area contributed by atoms with Crippen molar-refractivity contribution in [2.45, 2.75) is 72.6 Å². The maximum absolute atomic E-state index is 13.0. The summed E-state index contributed by atoms with van der Waals surface area (Å²) in [6, 6.07) is 0. The first-order chi connectivity index (χ1) is 12.3. The summed E-state index contributed by atoms with van der Waals surface area (Å²) in [7, 11) is 0. The Labute approximate surface area is 158 Å². The normalized spacial score (nSPS) is 45.6. The molecule has 0 aromatic heterocycles. The van der Waals surface area contributed by atoms with E-state index >= 15 is 0 Å². The lowest BCUT2D eigenvalue weighted by molar-refractivity contribution is -0.131. The molecule has 5 unspecified atom stereocenters. The molecule has 0 spiro atoms. The van der Waals surface area contributed by atoms with Crippen molar-refractivity contribution in [2.75, 3.05) is 0 Å². The van der Waals surface area contributed by atoms with Crippen LogP contribution in [-0.4, -0.2) is 11.6 Å². The van der Waals surface area contributed by atoms with Crippen molar-refractivity contribution >= 4 is 11.6 Å². The lowest BCUT2D eigenvalue weighted by Crippen LogP contribution is -2.53. The molecule has 0 bridgehead atoms. The average molecular weight is 353 g/mol. The predicted octanol–water partition coefficient (Wildman–Crippen LogP) is 4.97. The van der Waals surface area contributed by atoms with Gasteiger partial charge in [-0.1, -0.05) is 20.8 Å². The number of Topliss-reactive ketones (excluding diaryl/α,β-unsaturated/α-hetero) is 1. The van der Waals surface area contributed by atoms with Gasteiger partial charge < -0.3 is 0 Å². The minimum absolute atomic E-state index is 0.0673. The number of allylic oxidation sites excluding steroid dienone is 1. The minimum Gasteiger partial charge on any atom is -0.295 e. The number of ketones is 2. The van der Waals surface area contributed by atoms with E-state index in [9.17, 15) is 9.59 Å². The Bertz CT molecular complexity index is 735. The molecule has 7 atom stereocenters. The van der Waals surface area contributed by atoms with Crippen LogP contribution in [0, 0.1) is 52.3 Å². The molecule has 0 amide bonds. The molecule has 140 valence electrons. The second-order valence-corrected chi connectivity index (χ2v) is 9.86. The Balaban J connectivity index is 1.68. The first-order valence-corrected chi connectivity index (χ1v) is 10.5. The average Bonchev–Trinajstić information content (AvgIpc) is 2.94. The molecule has 0 aromatic carbocycles. The largest absolute Gasteiger partial charge is 0.295 e. The van der Waals surface area contributed by atoms with Gasteiger partial charge in [0.25, 0.3) is 0 Å². The van der Waals surface area contributed by atoms with E-state index in [0.717, 1.165) is 12.0 Å². The second kappa shape index (κ2) is 6.08. The summed E-state index contributed by atoms with van der Waals surface area (Å²) in [5, 5.41) is 0. The van der Waals surface area contributed by atoms with Crippen molar-refractivity contribution in [2.24, 2.45) is 40.4 Å². The molecule has 4 aliphatic carbocycles. The molecule has 0 aliphatic heterocycles. The smallest absolute Gasteiger partial charge is 0.159 e. The molecule has 3 fully saturated rings. The van der Waals surface area contributed by atoms with Crippen LogP contribution in [0.3, 0.4) is 0 Å². The highest BCUT2D eigenvalue weighted by atomic mass is 16.1. The van der Waals surface area contributed by atoms with E-state index in [0.29, 0.717) is 47.8 Å². The summed E-state index contributed by atoms with van der Waals surface area (Å²) in [6.45, 7) is 9.01. The van der Waals surface area contributed by atoms with Gasteiger partial charge in [-0.2, -0.15) is 0 Å². The fourth-order valence-corrected chi connectivity index (χ4v) is 7.58. The van der Waals surface area contributed by atoms with Crippen LogP contribution >= 0.6 is 0 Å². The van der Waals surface area contributed by atoms with Gasteiger partial charge in [0.05, 0.1) is 0 Å². The first kappa shape index (κ1) is 18.0. The SMILES string of the molecule is CC#CC(C)C1CCC2C3CC(=O)C4=CC(=O)CC[C@]4(C)C3CC[C@]12C. The zero-order valence-corrected chi connectivity index (χ0v) is 16.7. The van der Waals surface area contributed by atoms with E-state index in [1.54, 1.807) is 6.08 Å². The number of fused-ring (bicyclic) bond motifs is 5. The zero-order chi connectivity index (χ0) is 18.7. The molecule has 4 aliphatic rings. The highest BCUT2D eigenvalue weighted by Gasteiger charge is 2.61. The number of carbonyl (C=O) groups is 2. The van der Waals surface area contributed by atoms with Crippen LogP contribution < -0.4 is 0 Å². The van der Waals surface area contributed by atoms with Gasteiger partial charge in [0.15, 0.2) is 11.6 Å². The fourth-order valence-electron chi connectivity index (χ4n) is 7.58. The molecule has 4 rings (SSSR count). The number of rotatable bonds is 1. The van der Waals surface area contributed by atoms with Crippen LogP contribution in [0.1, 0.15) is 72.6 Å². The van der Waals surface area contributed by atoms with E-state index in [1.165, 1.54) is 25.7 Å². The van der Waals surface area contributed by atoms with Crippen molar-refractivity contribution in [1.29, 1.82) is 0 Å². The number of carbonyl (C=O) groups excluding carboxylic acids is 2. The summed E-state index contributed by atoms with van der Waals surface area (Å²) in [6.07, 6.45) is 8.82. The third-order valence-electron chi connectivity index (χ3n) is 8.84. The van der Waals surface area contributed by atoms with Gasteiger partial charge in [-0.25, -0.2) is 0 Å². The Morgan fingerprint density at radius 2 is 1.88 bits per heavy atom. The van der Waals surface area contributed by atoms with Crippen LogP contribution in [0.5, 0.6) is 0 Å². The van der Waals surface area contributed by atoms with Crippen molar-refractivity contribution in [3.63, 3.8) is 0 Å². The van der Waals surface area contributed by atoms with Gasteiger partial charge in [0.1, 0.15) is 0 Å². The van der Waals surface area contributed by atoms with Gasteiger partial charge in [-0.05, 0) is 79.6 Å². The van der Waals surface area contributed by atoms with Gasteiger partial charge in [0, 0.05) is 24.3 Å². The molecule has 0 heterocycles. The van der Waals surface area contributed by atoms with Gasteiger partial charge >= 0.3 is 0 Å². The maximum atomic E-state index is 13.0. The molecule has 0 saturated heterocycles. The number of hydrogen-bond donors (Lipinski definition) is 0. The summed E-state index contributed by atoms with van der Waals surface area (Å²) in [5.74, 6) is 9.79. The molecule has 0 aromatic rings. The number of hydrogen-bond acceptors (Lipinski definition) is 2. The van der Waals surface area contributed by atoms with Crippen molar-refractivity contribution in [3.05, 3.63) is 11.6 Å². The van der Waals surface area contributed by atoms with Crippen LogP contribution in [0.4, 0.5) is 0 Å². The van der Waals surface area contributed by atoms with Gasteiger partial charge in [-0.15, -0.1) is 11.8 Å². The molecule has 0 radical (unpaired) electrons. The van der Waals surface area contributed by atoms with E-state index in [1.807, 2.05) is 6.92 Å². The van der Waals surface area contributed by atoms with Gasteiger partial charge in [0.2, 0.25) is 0 Å². The monoisotopic (exact) mass is 352 g/mol. The lowest BCUT2D eigenvalue weighted by atomic mass is 9.46. The molecule has 26 heavy (non-hydrogen) atoms. The van der Waals surface area contributed by atoms with E-state index in [-0.39, 0.29) is 17.0 Å². The minimum atomic E-state index is -0.0673. The van der Waals surface area contributed by atoms with Crippen LogP contribution in [0.15, 0.2) is 11.6 Å². The summed E-state index contributed by atoms with van der Waals surface area (Å²) >= 11 is 0. The second-order valence-electron chi connectivity index (χ2n) is 9.86. The Morgan fingerprint density at radius 3 is 2.62 bits per heavy atom. The van der Waals surface area contributed by atoms with Crippen molar-refractivity contribution in [1.82, 2.24) is 0 Å². The van der Waals surface area contributed by atoms with Crippen molar-refractivity contribution in [3.8, 4) is 11.8 Å². The molecular formula is C24H32O2. The summed E-state index contributed by atoms with van der Waals surface area (Å²) < 4.78 is 0. The summed E-state index contributed by atoms with van der Waals surface area (Å²) in [4.78, 5) is 24.9. The standard InChI is InChI=1S/C24H32O2/c1-5-6-15(2)18-7-8-19-17-14-22(26)21-13-16(25)9-11-24(21,4)20(17)10-12-23(18,19)3/h13,15,17-20H,7-12,14H2,1-4H3/t15?,17?,18?,19?,20?,23-,24-/m1/s1. The highest BCUT2D eigenvalue weighted by Crippen LogP contribution is 2.66. The predicted molar refractivity (Wildman–Crippen MR) is 103 cm³/mol. The fraction of sp³-hybridized carbons (Fsp3) is 0.750. The third kappa shape index (κ3) is 2.39. The Morgan fingerprint density at radius 1 is 1.12 bits per heavy atom. The molecule has 2 heteroatoms. The van der Waals surface area contributed by atoms with E-state index in [2.05, 4.69) is 32.6 Å².